The van der Waals surface area contributed by atoms with Crippen molar-refractivity contribution in [1.29, 1.82) is 0 Å². The van der Waals surface area contributed by atoms with Gasteiger partial charge in [-0.25, -0.2) is 4.98 Å². The number of rotatable bonds is 2. The molecule has 2 heterocycles. The summed E-state index contributed by atoms with van der Waals surface area (Å²) < 4.78 is 1.70. The summed E-state index contributed by atoms with van der Waals surface area (Å²) in [5.41, 5.74) is 0.000880. The van der Waals surface area contributed by atoms with Crippen molar-refractivity contribution in [2.45, 2.75) is 25.3 Å². The number of aliphatic hydroxyl groups excluding tert-OH is 1. The summed E-state index contributed by atoms with van der Waals surface area (Å²) in [7, 11) is 0. The third-order valence-corrected chi connectivity index (χ3v) is 2.48. The molecule has 0 aliphatic carbocycles. The summed E-state index contributed by atoms with van der Waals surface area (Å²) in [6.45, 7) is 0.130. The van der Waals surface area contributed by atoms with Crippen molar-refractivity contribution in [2.24, 2.45) is 0 Å². The fourth-order valence-corrected chi connectivity index (χ4v) is 1.88. The van der Waals surface area contributed by atoms with E-state index in [0.29, 0.717) is 6.42 Å². The van der Waals surface area contributed by atoms with Gasteiger partial charge in [-0.2, -0.15) is 0 Å². The van der Waals surface area contributed by atoms with E-state index in [0.717, 1.165) is 18.7 Å². The lowest BCUT2D eigenvalue weighted by atomic mass is 10.1. The Kier molecular flexibility index (Phi) is 2.14. The third kappa shape index (κ3) is 1.37. The normalized spacial score (nSPS) is 20.2. The molecule has 0 fully saturated rings. The van der Waals surface area contributed by atoms with Gasteiger partial charge < -0.3 is 5.11 Å². The van der Waals surface area contributed by atoms with Gasteiger partial charge >= 0.3 is 0 Å². The van der Waals surface area contributed by atoms with Crippen molar-refractivity contribution in [3.63, 3.8) is 0 Å². The second kappa shape index (κ2) is 3.30. The molecule has 0 saturated carbocycles. The van der Waals surface area contributed by atoms with Crippen LogP contribution in [-0.4, -0.2) is 21.3 Å². The first-order valence-corrected chi connectivity index (χ1v) is 4.50. The largest absolute Gasteiger partial charge is 0.396 e. The summed E-state index contributed by atoms with van der Waals surface area (Å²) in [6.07, 6.45) is 3.97. The number of aliphatic hydroxyl groups is 1. The van der Waals surface area contributed by atoms with Gasteiger partial charge in [0.25, 0.3) is 5.56 Å². The maximum absolute atomic E-state index is 11.4. The molecule has 1 N–H and O–H groups in total. The van der Waals surface area contributed by atoms with Gasteiger partial charge in [-0.15, -0.1) is 0 Å². The quantitative estimate of drug-likeness (QED) is 0.703. The van der Waals surface area contributed by atoms with E-state index in [1.165, 1.54) is 6.07 Å². The zero-order valence-corrected chi connectivity index (χ0v) is 7.31. The summed E-state index contributed by atoms with van der Waals surface area (Å²) in [5, 5.41) is 8.81. The average Bonchev–Trinajstić information content (AvgIpc) is 2.51. The van der Waals surface area contributed by atoms with Gasteiger partial charge in [0.05, 0.1) is 0 Å². The van der Waals surface area contributed by atoms with E-state index in [1.54, 1.807) is 10.8 Å². The van der Waals surface area contributed by atoms with E-state index >= 15 is 0 Å². The Morgan fingerprint density at radius 3 is 3.31 bits per heavy atom. The van der Waals surface area contributed by atoms with E-state index in [1.807, 2.05) is 0 Å². The molecule has 0 amide bonds. The number of fused-ring (bicyclic) bond motifs is 1. The van der Waals surface area contributed by atoms with Crippen LogP contribution in [0, 0.1) is 0 Å². The molecule has 1 aromatic heterocycles. The van der Waals surface area contributed by atoms with Gasteiger partial charge in [-0.3, -0.25) is 9.36 Å². The predicted octanol–water partition coefficient (Wildman–Crippen LogP) is 0.113. The summed E-state index contributed by atoms with van der Waals surface area (Å²) in [5.74, 6) is 0.853. The van der Waals surface area contributed by atoms with Crippen LogP contribution < -0.4 is 5.56 Å². The van der Waals surface area contributed by atoms with Gasteiger partial charge in [0.15, 0.2) is 0 Å². The number of hydrogen-bond donors (Lipinski definition) is 1. The van der Waals surface area contributed by atoms with E-state index in [-0.39, 0.29) is 18.2 Å². The van der Waals surface area contributed by atoms with E-state index in [4.69, 9.17) is 5.11 Å². The Hall–Kier alpha value is -1.16. The summed E-state index contributed by atoms with van der Waals surface area (Å²) >= 11 is 0. The van der Waals surface area contributed by atoms with Crippen LogP contribution >= 0.6 is 0 Å². The van der Waals surface area contributed by atoms with E-state index in [9.17, 15) is 4.79 Å². The van der Waals surface area contributed by atoms with Crippen LogP contribution in [0.2, 0.25) is 0 Å². The second-order valence-corrected chi connectivity index (χ2v) is 3.27. The standard InChI is InChI=1S/C9H12N2O2/c12-6-4-7-1-2-8-10-5-3-9(13)11(7)8/h3,5,7,12H,1-2,4,6H2/t7-/m0/s1. The molecule has 1 aliphatic rings. The molecule has 0 bridgehead atoms. The number of nitrogens with zero attached hydrogens (tertiary/aromatic N) is 2. The van der Waals surface area contributed by atoms with Gasteiger partial charge in [0.1, 0.15) is 5.82 Å². The molecule has 13 heavy (non-hydrogen) atoms. The van der Waals surface area contributed by atoms with Crippen LogP contribution in [0.3, 0.4) is 0 Å². The topological polar surface area (TPSA) is 55.1 Å². The zero-order valence-electron chi connectivity index (χ0n) is 7.31. The highest BCUT2D eigenvalue weighted by molar-refractivity contribution is 5.02. The SMILES string of the molecule is O=c1ccnc2n1[C@H](CCO)CC2. The highest BCUT2D eigenvalue weighted by Crippen LogP contribution is 2.23. The number of hydrogen-bond acceptors (Lipinski definition) is 3. The summed E-state index contributed by atoms with van der Waals surface area (Å²) in [6, 6.07) is 1.63. The second-order valence-electron chi connectivity index (χ2n) is 3.27. The molecule has 0 unspecified atom stereocenters. The first-order valence-electron chi connectivity index (χ1n) is 4.50. The van der Waals surface area contributed by atoms with Gasteiger partial charge in [-0.1, -0.05) is 0 Å². The zero-order chi connectivity index (χ0) is 9.26. The van der Waals surface area contributed by atoms with Crippen molar-refractivity contribution in [3.05, 3.63) is 28.4 Å². The monoisotopic (exact) mass is 180 g/mol. The number of aryl methyl sites for hydroxylation is 1. The van der Waals surface area contributed by atoms with Crippen molar-refractivity contribution in [2.75, 3.05) is 6.61 Å². The highest BCUT2D eigenvalue weighted by atomic mass is 16.3. The lowest BCUT2D eigenvalue weighted by Crippen LogP contribution is -2.23. The maximum atomic E-state index is 11.4. The number of aromatic nitrogens is 2. The fourth-order valence-electron chi connectivity index (χ4n) is 1.88. The Labute approximate surface area is 75.9 Å². The molecule has 1 aliphatic heterocycles. The smallest absolute Gasteiger partial charge is 0.253 e. The predicted molar refractivity (Wildman–Crippen MR) is 47.6 cm³/mol. The van der Waals surface area contributed by atoms with Crippen LogP contribution in [-0.2, 0) is 6.42 Å². The third-order valence-electron chi connectivity index (χ3n) is 2.48. The summed E-state index contributed by atoms with van der Waals surface area (Å²) in [4.78, 5) is 15.6. The van der Waals surface area contributed by atoms with Crippen LogP contribution in [0.4, 0.5) is 0 Å². The minimum Gasteiger partial charge on any atom is -0.396 e. The van der Waals surface area contributed by atoms with Gasteiger partial charge in [0, 0.05) is 31.3 Å². The average molecular weight is 180 g/mol. The molecule has 0 spiro atoms. The molecular formula is C9H12N2O2. The molecule has 4 heteroatoms. The van der Waals surface area contributed by atoms with Crippen molar-refractivity contribution >= 4 is 0 Å². The Bertz CT molecular complexity index is 357. The van der Waals surface area contributed by atoms with Crippen molar-refractivity contribution in [1.82, 2.24) is 9.55 Å². The fraction of sp³-hybridized carbons (Fsp3) is 0.556. The highest BCUT2D eigenvalue weighted by Gasteiger charge is 2.22. The molecule has 70 valence electrons. The van der Waals surface area contributed by atoms with Gasteiger partial charge in [-0.05, 0) is 12.8 Å². The van der Waals surface area contributed by atoms with E-state index < -0.39 is 0 Å². The molecule has 0 aromatic carbocycles. The van der Waals surface area contributed by atoms with Crippen LogP contribution in [0.15, 0.2) is 17.1 Å². The lowest BCUT2D eigenvalue weighted by molar-refractivity contribution is 0.258. The molecule has 0 saturated heterocycles. The maximum Gasteiger partial charge on any atom is 0.253 e. The molecule has 2 rings (SSSR count). The molecule has 1 aromatic rings. The molecule has 1 atom stereocenters. The molecule has 0 radical (unpaired) electrons. The van der Waals surface area contributed by atoms with Gasteiger partial charge in [0.2, 0.25) is 0 Å². The molecule has 4 nitrogen and oxygen atoms in total. The lowest BCUT2D eigenvalue weighted by Gasteiger charge is -2.11. The van der Waals surface area contributed by atoms with Crippen LogP contribution in [0.1, 0.15) is 24.7 Å². The first kappa shape index (κ1) is 8.44. The molecular weight excluding hydrogens is 168 g/mol. The Balaban J connectivity index is 2.40. The Morgan fingerprint density at radius 2 is 2.54 bits per heavy atom. The van der Waals surface area contributed by atoms with Crippen LogP contribution in [0.5, 0.6) is 0 Å². The first-order chi connectivity index (χ1) is 6.33. The minimum atomic E-state index is 0.000880. The van der Waals surface area contributed by atoms with E-state index in [2.05, 4.69) is 4.98 Å². The Morgan fingerprint density at radius 1 is 1.69 bits per heavy atom. The van der Waals surface area contributed by atoms with Crippen LogP contribution in [0.25, 0.3) is 0 Å². The minimum absolute atomic E-state index is 0.000880. The van der Waals surface area contributed by atoms with Crippen molar-refractivity contribution in [3.8, 4) is 0 Å². The van der Waals surface area contributed by atoms with Crippen molar-refractivity contribution < 1.29 is 5.11 Å².